The molecule has 4 heteroatoms. The Morgan fingerprint density at radius 3 is 2.80 bits per heavy atom. The Hall–Kier alpha value is -1.58. The zero-order valence-electron chi connectivity index (χ0n) is 12.5. The molecule has 1 fully saturated rings. The van der Waals surface area contributed by atoms with Gasteiger partial charge in [0.15, 0.2) is 0 Å². The summed E-state index contributed by atoms with van der Waals surface area (Å²) in [7, 11) is 0. The van der Waals surface area contributed by atoms with E-state index in [-0.39, 0.29) is 5.91 Å². The third-order valence-electron chi connectivity index (χ3n) is 3.89. The Balaban J connectivity index is 1.87. The van der Waals surface area contributed by atoms with Crippen molar-refractivity contribution in [1.29, 1.82) is 0 Å². The minimum absolute atomic E-state index is 0.00708. The topological polar surface area (TPSA) is 54.0 Å². The minimum Gasteiger partial charge on any atom is -0.370 e. The number of rotatable bonds is 6. The van der Waals surface area contributed by atoms with Gasteiger partial charge in [-0.2, -0.15) is 0 Å². The zero-order valence-corrected chi connectivity index (χ0v) is 12.5. The number of carbonyl (C=O) groups excluding carboxylic acids is 1. The largest absolute Gasteiger partial charge is 0.370 e. The van der Waals surface area contributed by atoms with E-state index < -0.39 is 0 Å². The number of hydrogen-bond donors (Lipinski definition) is 2. The second-order valence-electron chi connectivity index (χ2n) is 5.61. The van der Waals surface area contributed by atoms with E-state index in [1.807, 2.05) is 26.0 Å². The smallest absolute Gasteiger partial charge is 0.251 e. The predicted octanol–water partition coefficient (Wildman–Crippen LogP) is 3.13. The highest BCUT2D eigenvalue weighted by molar-refractivity contribution is 5.94. The fourth-order valence-corrected chi connectivity index (χ4v) is 2.86. The molecule has 0 aliphatic heterocycles. The molecule has 2 rings (SSSR count). The number of aryl methyl sites for hydroxylation is 1. The van der Waals surface area contributed by atoms with E-state index in [2.05, 4.69) is 15.6 Å². The Morgan fingerprint density at radius 1 is 1.35 bits per heavy atom. The van der Waals surface area contributed by atoms with Crippen LogP contribution in [0.4, 0.5) is 5.82 Å². The number of nitrogens with zero attached hydrogens (tertiary/aromatic N) is 1. The van der Waals surface area contributed by atoms with Crippen molar-refractivity contribution in [2.24, 2.45) is 5.92 Å². The van der Waals surface area contributed by atoms with Crippen LogP contribution in [-0.4, -0.2) is 24.0 Å². The van der Waals surface area contributed by atoms with E-state index in [1.165, 1.54) is 25.7 Å². The van der Waals surface area contributed by atoms with Gasteiger partial charge in [0.05, 0.1) is 0 Å². The molecule has 0 aromatic carbocycles. The molecule has 110 valence electrons. The molecule has 0 saturated heterocycles. The van der Waals surface area contributed by atoms with Crippen molar-refractivity contribution in [3.63, 3.8) is 0 Å². The lowest BCUT2D eigenvalue weighted by Crippen LogP contribution is -2.26. The van der Waals surface area contributed by atoms with Gasteiger partial charge in [0, 0.05) is 24.3 Å². The highest BCUT2D eigenvalue weighted by Gasteiger charge is 2.15. The number of amides is 1. The van der Waals surface area contributed by atoms with Gasteiger partial charge in [-0.05, 0) is 38.3 Å². The average Bonchev–Trinajstić information content (AvgIpc) is 2.91. The molecule has 1 aromatic heterocycles. The minimum atomic E-state index is 0.00708. The van der Waals surface area contributed by atoms with Gasteiger partial charge in [0.2, 0.25) is 0 Å². The van der Waals surface area contributed by atoms with Crippen LogP contribution >= 0.6 is 0 Å². The molecule has 1 saturated carbocycles. The summed E-state index contributed by atoms with van der Waals surface area (Å²) in [6.45, 7) is 5.52. The lowest BCUT2D eigenvalue weighted by Gasteiger charge is -2.11. The molecule has 1 heterocycles. The van der Waals surface area contributed by atoms with E-state index in [9.17, 15) is 4.79 Å². The Bertz CT molecular complexity index is 453. The van der Waals surface area contributed by atoms with Crippen molar-refractivity contribution in [3.8, 4) is 0 Å². The molecule has 2 N–H and O–H groups in total. The summed E-state index contributed by atoms with van der Waals surface area (Å²) in [5.74, 6) is 1.59. The van der Waals surface area contributed by atoms with Crippen LogP contribution in [-0.2, 0) is 0 Å². The highest BCUT2D eigenvalue weighted by Crippen LogP contribution is 2.26. The van der Waals surface area contributed by atoms with E-state index in [0.29, 0.717) is 5.56 Å². The van der Waals surface area contributed by atoms with Crippen LogP contribution < -0.4 is 10.6 Å². The van der Waals surface area contributed by atoms with Gasteiger partial charge in [-0.3, -0.25) is 4.79 Å². The molecule has 0 unspecified atom stereocenters. The SMILES string of the molecule is CCNc1cc(C(=O)NCCC2CCCC2)cc(C)n1. The summed E-state index contributed by atoms with van der Waals surface area (Å²) in [6, 6.07) is 3.66. The van der Waals surface area contributed by atoms with Crippen molar-refractivity contribution in [3.05, 3.63) is 23.4 Å². The molecule has 0 bridgehead atoms. The van der Waals surface area contributed by atoms with Gasteiger partial charge in [0.25, 0.3) is 5.91 Å². The molecule has 1 aromatic rings. The lowest BCUT2D eigenvalue weighted by atomic mass is 10.0. The molecule has 1 amide bonds. The van der Waals surface area contributed by atoms with E-state index >= 15 is 0 Å². The molecule has 0 radical (unpaired) electrons. The summed E-state index contributed by atoms with van der Waals surface area (Å²) >= 11 is 0. The Kier molecular flexibility index (Phi) is 5.39. The fraction of sp³-hybridized carbons (Fsp3) is 0.625. The quantitative estimate of drug-likeness (QED) is 0.838. The van der Waals surface area contributed by atoms with Crippen LogP contribution in [0.5, 0.6) is 0 Å². The maximum absolute atomic E-state index is 12.2. The lowest BCUT2D eigenvalue weighted by molar-refractivity contribution is 0.0951. The fourth-order valence-electron chi connectivity index (χ4n) is 2.86. The second kappa shape index (κ2) is 7.27. The maximum atomic E-state index is 12.2. The molecule has 1 aliphatic rings. The maximum Gasteiger partial charge on any atom is 0.251 e. The van der Waals surface area contributed by atoms with Gasteiger partial charge in [-0.15, -0.1) is 0 Å². The van der Waals surface area contributed by atoms with Gasteiger partial charge >= 0.3 is 0 Å². The monoisotopic (exact) mass is 275 g/mol. The number of carbonyl (C=O) groups is 1. The summed E-state index contributed by atoms with van der Waals surface area (Å²) in [4.78, 5) is 16.5. The molecule has 0 spiro atoms. The zero-order chi connectivity index (χ0) is 14.4. The van der Waals surface area contributed by atoms with E-state index in [4.69, 9.17) is 0 Å². The Morgan fingerprint density at radius 2 is 2.10 bits per heavy atom. The van der Waals surface area contributed by atoms with Gasteiger partial charge < -0.3 is 10.6 Å². The van der Waals surface area contributed by atoms with E-state index in [0.717, 1.165) is 36.9 Å². The first kappa shape index (κ1) is 14.8. The number of hydrogen-bond acceptors (Lipinski definition) is 3. The third kappa shape index (κ3) is 4.22. The average molecular weight is 275 g/mol. The van der Waals surface area contributed by atoms with Crippen molar-refractivity contribution in [2.45, 2.75) is 46.0 Å². The van der Waals surface area contributed by atoms with Crippen molar-refractivity contribution >= 4 is 11.7 Å². The van der Waals surface area contributed by atoms with Crippen LogP contribution in [0.15, 0.2) is 12.1 Å². The first-order chi connectivity index (χ1) is 9.69. The molecular formula is C16H25N3O. The van der Waals surface area contributed by atoms with Crippen LogP contribution in [0, 0.1) is 12.8 Å². The second-order valence-corrected chi connectivity index (χ2v) is 5.61. The Labute approximate surface area is 121 Å². The summed E-state index contributed by atoms with van der Waals surface area (Å²) in [6.07, 6.45) is 6.47. The van der Waals surface area contributed by atoms with Gasteiger partial charge in [-0.25, -0.2) is 4.98 Å². The molecule has 0 atom stereocenters. The summed E-state index contributed by atoms with van der Waals surface area (Å²) in [5.41, 5.74) is 1.56. The number of nitrogens with one attached hydrogen (secondary N) is 2. The standard InChI is InChI=1S/C16H25N3O/c1-3-17-15-11-14(10-12(2)19-15)16(20)18-9-8-13-6-4-5-7-13/h10-11,13H,3-9H2,1-2H3,(H,17,19)(H,18,20). The molecular weight excluding hydrogens is 250 g/mol. The molecule has 1 aliphatic carbocycles. The van der Waals surface area contributed by atoms with Crippen LogP contribution in [0.2, 0.25) is 0 Å². The number of aromatic nitrogens is 1. The van der Waals surface area contributed by atoms with Crippen molar-refractivity contribution < 1.29 is 4.79 Å². The highest BCUT2D eigenvalue weighted by atomic mass is 16.1. The predicted molar refractivity (Wildman–Crippen MR) is 82.0 cm³/mol. The molecule has 4 nitrogen and oxygen atoms in total. The number of anilines is 1. The van der Waals surface area contributed by atoms with Gasteiger partial charge in [0.1, 0.15) is 5.82 Å². The van der Waals surface area contributed by atoms with Gasteiger partial charge in [-0.1, -0.05) is 25.7 Å². The van der Waals surface area contributed by atoms with Crippen LogP contribution in [0.3, 0.4) is 0 Å². The summed E-state index contributed by atoms with van der Waals surface area (Å²) in [5, 5.41) is 6.18. The van der Waals surface area contributed by atoms with Crippen LogP contribution in [0.1, 0.15) is 55.1 Å². The normalized spacial score (nSPS) is 15.3. The molecule has 20 heavy (non-hydrogen) atoms. The third-order valence-corrected chi connectivity index (χ3v) is 3.89. The number of pyridine rings is 1. The first-order valence-corrected chi connectivity index (χ1v) is 7.69. The van der Waals surface area contributed by atoms with Crippen LogP contribution in [0.25, 0.3) is 0 Å². The van der Waals surface area contributed by atoms with Crippen molar-refractivity contribution in [2.75, 3.05) is 18.4 Å². The van der Waals surface area contributed by atoms with Crippen molar-refractivity contribution in [1.82, 2.24) is 10.3 Å². The first-order valence-electron chi connectivity index (χ1n) is 7.69. The summed E-state index contributed by atoms with van der Waals surface area (Å²) < 4.78 is 0. The van der Waals surface area contributed by atoms with E-state index in [1.54, 1.807) is 0 Å².